The molecule has 0 saturated carbocycles. The summed E-state index contributed by atoms with van der Waals surface area (Å²) in [5, 5.41) is 0. The van der Waals surface area contributed by atoms with Gasteiger partial charge in [-0.25, -0.2) is 13.8 Å². The van der Waals surface area contributed by atoms with Crippen molar-refractivity contribution in [1.82, 2.24) is 4.98 Å². The predicted octanol–water partition coefficient (Wildman–Crippen LogP) is 2.21. The number of rotatable bonds is 2. The Hall–Kier alpha value is -0.660. The van der Waals surface area contributed by atoms with Crippen molar-refractivity contribution in [3.8, 4) is 5.75 Å². The van der Waals surface area contributed by atoms with E-state index < -0.39 is 6.43 Å². The summed E-state index contributed by atoms with van der Waals surface area (Å²) in [6.45, 7) is 0. The van der Waals surface area contributed by atoms with Crippen LogP contribution < -0.4 is 10.5 Å². The van der Waals surface area contributed by atoms with E-state index in [9.17, 15) is 8.78 Å². The molecular weight excluding hydrogens is 293 g/mol. The second-order valence-corrected chi connectivity index (χ2v) is 3.32. The Bertz CT molecular complexity index is 320. The third-order valence-electron chi connectivity index (χ3n) is 1.49. The second kappa shape index (κ2) is 4.03. The Morgan fingerprint density at radius 3 is 2.69 bits per heavy atom. The van der Waals surface area contributed by atoms with Gasteiger partial charge < -0.3 is 10.5 Å². The fourth-order valence-corrected chi connectivity index (χ4v) is 1.51. The zero-order valence-electron chi connectivity index (χ0n) is 6.72. The molecule has 0 radical (unpaired) electrons. The van der Waals surface area contributed by atoms with Crippen LogP contribution in [0.3, 0.4) is 0 Å². The van der Waals surface area contributed by atoms with Gasteiger partial charge in [0.2, 0.25) is 0 Å². The molecule has 0 amide bonds. The minimum Gasteiger partial charge on any atom is -0.495 e. The van der Waals surface area contributed by atoms with Crippen molar-refractivity contribution in [2.45, 2.75) is 6.43 Å². The maximum absolute atomic E-state index is 12.5. The largest absolute Gasteiger partial charge is 0.495 e. The first-order chi connectivity index (χ1) is 6.07. The van der Waals surface area contributed by atoms with Crippen molar-refractivity contribution in [3.63, 3.8) is 0 Å². The molecule has 0 aliphatic carbocycles. The van der Waals surface area contributed by atoms with E-state index in [1.54, 1.807) is 22.6 Å². The van der Waals surface area contributed by atoms with Crippen molar-refractivity contribution >= 4 is 28.4 Å². The third kappa shape index (κ3) is 1.98. The molecule has 72 valence electrons. The summed E-state index contributed by atoms with van der Waals surface area (Å²) >= 11 is 1.72. The zero-order chi connectivity index (χ0) is 10.0. The van der Waals surface area contributed by atoms with Gasteiger partial charge in [-0.2, -0.15) is 0 Å². The molecule has 0 fully saturated rings. The highest BCUT2D eigenvalue weighted by Gasteiger charge is 2.20. The molecule has 0 atom stereocenters. The summed E-state index contributed by atoms with van der Waals surface area (Å²) in [4.78, 5) is 3.70. The topological polar surface area (TPSA) is 48.1 Å². The minimum atomic E-state index is -2.60. The molecule has 1 aromatic heterocycles. The van der Waals surface area contributed by atoms with Gasteiger partial charge in [0.05, 0.1) is 22.4 Å². The fraction of sp³-hybridized carbons (Fsp3) is 0.286. The molecule has 1 rings (SSSR count). The number of aromatic nitrogens is 1. The smallest absolute Gasteiger partial charge is 0.268 e. The number of hydrogen-bond acceptors (Lipinski definition) is 3. The highest BCUT2D eigenvalue weighted by atomic mass is 127. The van der Waals surface area contributed by atoms with Crippen LogP contribution in [0, 0.1) is 3.57 Å². The Morgan fingerprint density at radius 2 is 2.23 bits per heavy atom. The third-order valence-corrected chi connectivity index (χ3v) is 2.62. The zero-order valence-corrected chi connectivity index (χ0v) is 8.88. The quantitative estimate of drug-likeness (QED) is 0.852. The number of hydrogen-bond donors (Lipinski definition) is 1. The van der Waals surface area contributed by atoms with E-state index in [4.69, 9.17) is 10.5 Å². The van der Waals surface area contributed by atoms with Crippen molar-refractivity contribution in [1.29, 1.82) is 0 Å². The number of anilines is 1. The van der Waals surface area contributed by atoms with Gasteiger partial charge in [-0.1, -0.05) is 0 Å². The normalized spacial score (nSPS) is 10.5. The maximum Gasteiger partial charge on any atom is 0.268 e. The average Bonchev–Trinajstić information content (AvgIpc) is 2.08. The number of methoxy groups -OCH3 is 1. The van der Waals surface area contributed by atoms with Crippen LogP contribution in [0.1, 0.15) is 12.0 Å². The molecule has 0 aromatic carbocycles. The molecule has 0 saturated heterocycles. The second-order valence-electron chi connectivity index (χ2n) is 2.24. The molecule has 0 aliphatic heterocycles. The lowest BCUT2D eigenvalue weighted by Gasteiger charge is -2.10. The van der Waals surface area contributed by atoms with Crippen LogP contribution in [0.15, 0.2) is 6.20 Å². The molecule has 0 unspecified atom stereocenters. The van der Waals surface area contributed by atoms with Crippen molar-refractivity contribution < 1.29 is 13.5 Å². The number of nitrogens with zero attached hydrogens (tertiary/aromatic N) is 1. The lowest BCUT2D eigenvalue weighted by molar-refractivity contribution is 0.146. The van der Waals surface area contributed by atoms with Crippen LogP contribution in [0.5, 0.6) is 5.75 Å². The average molecular weight is 300 g/mol. The van der Waals surface area contributed by atoms with E-state index in [0.29, 0.717) is 0 Å². The lowest BCUT2D eigenvalue weighted by atomic mass is 10.2. The van der Waals surface area contributed by atoms with E-state index in [0.717, 1.165) is 0 Å². The number of alkyl halides is 2. The van der Waals surface area contributed by atoms with E-state index in [-0.39, 0.29) is 20.7 Å². The van der Waals surface area contributed by atoms with Crippen LogP contribution >= 0.6 is 22.6 Å². The molecule has 0 aliphatic rings. The van der Waals surface area contributed by atoms with Gasteiger partial charge in [-0.15, -0.1) is 0 Å². The van der Waals surface area contributed by atoms with Crippen LogP contribution in [0.25, 0.3) is 0 Å². The van der Waals surface area contributed by atoms with E-state index >= 15 is 0 Å². The maximum atomic E-state index is 12.5. The van der Waals surface area contributed by atoms with Gasteiger partial charge in [0.15, 0.2) is 0 Å². The summed E-state index contributed by atoms with van der Waals surface area (Å²) in [7, 11) is 1.31. The van der Waals surface area contributed by atoms with Crippen LogP contribution in [-0.4, -0.2) is 12.1 Å². The molecule has 3 nitrogen and oxygen atoms in total. The molecule has 0 spiro atoms. The molecule has 1 aromatic rings. The standard InChI is InChI=1S/C7H7F2IN2O/c1-13-3-2-12-7(11)5(10)4(3)6(8)9/h2,6H,1H3,(H2,11,12). The Morgan fingerprint density at radius 1 is 1.62 bits per heavy atom. The van der Waals surface area contributed by atoms with Gasteiger partial charge in [0.1, 0.15) is 11.6 Å². The van der Waals surface area contributed by atoms with E-state index in [1.165, 1.54) is 13.3 Å². The van der Waals surface area contributed by atoms with Crippen LogP contribution in [0.2, 0.25) is 0 Å². The number of nitrogen functional groups attached to an aromatic ring is 1. The molecule has 13 heavy (non-hydrogen) atoms. The number of pyridine rings is 1. The number of nitrogens with two attached hydrogens (primary N) is 1. The highest BCUT2D eigenvalue weighted by molar-refractivity contribution is 14.1. The Kier molecular flexibility index (Phi) is 3.23. The predicted molar refractivity (Wildman–Crippen MR) is 52.9 cm³/mol. The van der Waals surface area contributed by atoms with Crippen LogP contribution in [-0.2, 0) is 0 Å². The van der Waals surface area contributed by atoms with Crippen molar-refractivity contribution in [2.24, 2.45) is 0 Å². The summed E-state index contributed by atoms with van der Waals surface area (Å²) in [6, 6.07) is 0. The lowest BCUT2D eigenvalue weighted by Crippen LogP contribution is -2.02. The monoisotopic (exact) mass is 300 g/mol. The summed E-state index contributed by atoms with van der Waals surface area (Å²) < 4.78 is 30.0. The Balaban J connectivity index is 3.32. The molecule has 0 bridgehead atoms. The van der Waals surface area contributed by atoms with Crippen LogP contribution in [0.4, 0.5) is 14.6 Å². The van der Waals surface area contributed by atoms with Gasteiger partial charge in [-0.05, 0) is 22.6 Å². The van der Waals surface area contributed by atoms with E-state index in [1.807, 2.05) is 0 Å². The van der Waals surface area contributed by atoms with Gasteiger partial charge in [0.25, 0.3) is 6.43 Å². The molecule has 6 heteroatoms. The van der Waals surface area contributed by atoms with Crippen molar-refractivity contribution in [3.05, 3.63) is 15.3 Å². The first kappa shape index (κ1) is 10.4. The highest BCUT2D eigenvalue weighted by Crippen LogP contribution is 2.34. The fourth-order valence-electron chi connectivity index (χ4n) is 0.867. The molecule has 2 N–H and O–H groups in total. The van der Waals surface area contributed by atoms with E-state index in [2.05, 4.69) is 4.98 Å². The van der Waals surface area contributed by atoms with Gasteiger partial charge in [0, 0.05) is 0 Å². The Labute approximate surface area is 87.4 Å². The number of halogens is 3. The minimum absolute atomic E-state index is 0.0635. The SMILES string of the molecule is COc1cnc(N)c(I)c1C(F)F. The van der Waals surface area contributed by atoms with Crippen molar-refractivity contribution in [2.75, 3.05) is 12.8 Å². The first-order valence-electron chi connectivity index (χ1n) is 3.34. The summed E-state index contributed by atoms with van der Waals surface area (Å²) in [5.41, 5.74) is 5.18. The summed E-state index contributed by atoms with van der Waals surface area (Å²) in [5.74, 6) is 0.158. The molecular formula is C7H7F2IN2O. The summed E-state index contributed by atoms with van der Waals surface area (Å²) in [6.07, 6.45) is -1.41. The van der Waals surface area contributed by atoms with Gasteiger partial charge >= 0.3 is 0 Å². The molecule has 1 heterocycles. The van der Waals surface area contributed by atoms with Gasteiger partial charge in [-0.3, -0.25) is 0 Å². The first-order valence-corrected chi connectivity index (χ1v) is 4.41. The number of ether oxygens (including phenoxy) is 1.